The molecule has 1 atom stereocenters. The fraction of sp³-hybridized carbons (Fsp3) is 0.294. The molecule has 1 N–H and O–H groups in total. The molecule has 1 aliphatic heterocycles. The number of carbonyl (C=O) groups excluding carboxylic acids is 1. The molecular weight excluding hydrogens is 323 g/mol. The van der Waals surface area contributed by atoms with Gasteiger partial charge < -0.3 is 10.2 Å². The first kappa shape index (κ1) is 15.5. The Hall–Kier alpha value is -3.03. The Kier molecular flexibility index (Phi) is 3.79. The highest BCUT2D eigenvalue weighted by Crippen LogP contribution is 2.26. The smallest absolute Gasteiger partial charge is 0.249 e. The average molecular weight is 340 g/mol. The molecule has 3 heterocycles. The van der Waals surface area contributed by atoms with E-state index in [9.17, 15) is 9.18 Å². The summed E-state index contributed by atoms with van der Waals surface area (Å²) in [5, 5.41) is 11.0. The molecule has 8 heteroatoms. The maximum absolute atomic E-state index is 14.2. The number of aryl methyl sites for hydroxylation is 1. The normalized spacial score (nSPS) is 17.9. The highest BCUT2D eigenvalue weighted by Gasteiger charge is 2.31. The maximum atomic E-state index is 14.2. The number of hydrogen-bond donors (Lipinski definition) is 1. The number of carbonyl (C=O) groups is 1. The number of piperidine rings is 1. The van der Waals surface area contributed by atoms with Crippen LogP contribution in [0.2, 0.25) is 0 Å². The van der Waals surface area contributed by atoms with Crippen LogP contribution >= 0.6 is 0 Å². The molecule has 0 bridgehead atoms. The van der Waals surface area contributed by atoms with E-state index in [2.05, 4.69) is 20.5 Å². The van der Waals surface area contributed by atoms with E-state index < -0.39 is 11.9 Å². The Morgan fingerprint density at radius 1 is 1.36 bits per heavy atom. The SMILES string of the molecule is Cc1ccc(F)c(N2CCC[C@@H](Nc3nccn4cnnc34)C2=O)c1. The molecule has 0 unspecified atom stereocenters. The molecule has 3 aromatic rings. The first-order valence-electron chi connectivity index (χ1n) is 8.12. The fourth-order valence-electron chi connectivity index (χ4n) is 3.10. The lowest BCUT2D eigenvalue weighted by molar-refractivity contribution is -0.120. The second-order valence-electron chi connectivity index (χ2n) is 6.12. The van der Waals surface area contributed by atoms with Gasteiger partial charge in [0.1, 0.15) is 18.2 Å². The van der Waals surface area contributed by atoms with Crippen molar-refractivity contribution in [1.82, 2.24) is 19.6 Å². The summed E-state index contributed by atoms with van der Waals surface area (Å²) >= 11 is 0. The quantitative estimate of drug-likeness (QED) is 0.791. The molecule has 1 aromatic carbocycles. The zero-order chi connectivity index (χ0) is 17.4. The van der Waals surface area contributed by atoms with Crippen LogP contribution in [0.3, 0.4) is 0 Å². The van der Waals surface area contributed by atoms with Crippen molar-refractivity contribution in [3.63, 3.8) is 0 Å². The number of benzene rings is 1. The molecule has 1 aliphatic rings. The summed E-state index contributed by atoms with van der Waals surface area (Å²) in [6.07, 6.45) is 6.34. The van der Waals surface area contributed by atoms with Gasteiger partial charge in [-0.2, -0.15) is 0 Å². The van der Waals surface area contributed by atoms with E-state index in [4.69, 9.17) is 0 Å². The molecule has 0 radical (unpaired) electrons. The standard InChI is InChI=1S/C17H17FN6O/c1-11-4-5-12(18)14(9-11)24-7-2-3-13(17(24)25)21-15-16-22-20-10-23(16)8-6-19-15/h4-6,8-10,13H,2-3,7H2,1H3,(H,19,21)/t13-/m1/s1. The Balaban J connectivity index is 1.62. The minimum atomic E-state index is -0.482. The molecule has 0 aliphatic carbocycles. The van der Waals surface area contributed by atoms with Gasteiger partial charge >= 0.3 is 0 Å². The van der Waals surface area contributed by atoms with Crippen molar-refractivity contribution in [2.45, 2.75) is 25.8 Å². The van der Waals surface area contributed by atoms with Gasteiger partial charge in [0.2, 0.25) is 11.6 Å². The van der Waals surface area contributed by atoms with Crippen LogP contribution in [0.4, 0.5) is 15.9 Å². The van der Waals surface area contributed by atoms with E-state index in [1.165, 1.54) is 11.0 Å². The number of nitrogens with one attached hydrogen (secondary N) is 1. The Labute approximate surface area is 143 Å². The number of rotatable bonds is 3. The molecule has 2 aromatic heterocycles. The number of fused-ring (bicyclic) bond motifs is 1. The van der Waals surface area contributed by atoms with Crippen LogP contribution in [0, 0.1) is 12.7 Å². The van der Waals surface area contributed by atoms with Gasteiger partial charge in [-0.3, -0.25) is 9.20 Å². The van der Waals surface area contributed by atoms with Gasteiger partial charge in [-0.15, -0.1) is 10.2 Å². The van der Waals surface area contributed by atoms with Crippen LogP contribution in [0.15, 0.2) is 36.9 Å². The summed E-state index contributed by atoms with van der Waals surface area (Å²) in [6.45, 7) is 2.38. The van der Waals surface area contributed by atoms with Gasteiger partial charge in [0.15, 0.2) is 5.82 Å². The molecule has 1 saturated heterocycles. The van der Waals surface area contributed by atoms with Gasteiger partial charge in [0.25, 0.3) is 0 Å². The minimum Gasteiger partial charge on any atom is -0.355 e. The van der Waals surface area contributed by atoms with Crippen LogP contribution in [-0.2, 0) is 4.79 Å². The Bertz CT molecular complexity index is 940. The third kappa shape index (κ3) is 2.79. The van der Waals surface area contributed by atoms with Crippen molar-refractivity contribution >= 4 is 23.1 Å². The van der Waals surface area contributed by atoms with E-state index in [1.807, 2.05) is 6.92 Å². The van der Waals surface area contributed by atoms with Crippen molar-refractivity contribution in [1.29, 1.82) is 0 Å². The minimum absolute atomic E-state index is 0.168. The molecular formula is C17H17FN6O. The lowest BCUT2D eigenvalue weighted by atomic mass is 10.0. The van der Waals surface area contributed by atoms with Crippen molar-refractivity contribution in [3.05, 3.63) is 48.3 Å². The summed E-state index contributed by atoms with van der Waals surface area (Å²) in [7, 11) is 0. The second kappa shape index (κ2) is 6.12. The van der Waals surface area contributed by atoms with Crippen molar-refractivity contribution in [3.8, 4) is 0 Å². The average Bonchev–Trinajstić information content (AvgIpc) is 3.09. The second-order valence-corrected chi connectivity index (χ2v) is 6.12. The molecule has 7 nitrogen and oxygen atoms in total. The third-order valence-electron chi connectivity index (χ3n) is 4.36. The third-order valence-corrected chi connectivity index (χ3v) is 4.36. The van der Waals surface area contributed by atoms with Crippen LogP contribution < -0.4 is 10.2 Å². The summed E-state index contributed by atoms with van der Waals surface area (Å²) < 4.78 is 15.9. The van der Waals surface area contributed by atoms with Gasteiger partial charge in [-0.1, -0.05) is 6.07 Å². The molecule has 0 saturated carbocycles. The van der Waals surface area contributed by atoms with Crippen molar-refractivity contribution < 1.29 is 9.18 Å². The van der Waals surface area contributed by atoms with E-state index in [-0.39, 0.29) is 5.91 Å². The highest BCUT2D eigenvalue weighted by molar-refractivity contribution is 5.99. The topological polar surface area (TPSA) is 75.4 Å². The summed E-state index contributed by atoms with van der Waals surface area (Å²) in [5.74, 6) is -0.0683. The number of aromatic nitrogens is 4. The first-order valence-corrected chi connectivity index (χ1v) is 8.12. The van der Waals surface area contributed by atoms with Crippen molar-refractivity contribution in [2.75, 3.05) is 16.8 Å². The Morgan fingerprint density at radius 2 is 2.24 bits per heavy atom. The van der Waals surface area contributed by atoms with E-state index in [0.717, 1.165) is 12.0 Å². The molecule has 25 heavy (non-hydrogen) atoms. The van der Waals surface area contributed by atoms with Gasteiger partial charge in [0.05, 0.1) is 5.69 Å². The monoisotopic (exact) mass is 340 g/mol. The summed E-state index contributed by atoms with van der Waals surface area (Å²) in [5.41, 5.74) is 1.79. The Morgan fingerprint density at radius 3 is 3.12 bits per heavy atom. The van der Waals surface area contributed by atoms with Gasteiger partial charge in [0, 0.05) is 18.9 Å². The highest BCUT2D eigenvalue weighted by atomic mass is 19.1. The fourth-order valence-corrected chi connectivity index (χ4v) is 3.10. The zero-order valence-electron chi connectivity index (χ0n) is 13.7. The molecule has 0 spiro atoms. The van der Waals surface area contributed by atoms with Crippen LogP contribution in [0.1, 0.15) is 18.4 Å². The zero-order valence-corrected chi connectivity index (χ0v) is 13.7. The largest absolute Gasteiger partial charge is 0.355 e. The van der Waals surface area contributed by atoms with Crippen LogP contribution in [-0.4, -0.2) is 38.1 Å². The first-order chi connectivity index (χ1) is 12.1. The molecule has 4 rings (SSSR count). The van der Waals surface area contributed by atoms with Crippen LogP contribution in [0.5, 0.6) is 0 Å². The van der Waals surface area contributed by atoms with Crippen molar-refractivity contribution in [2.24, 2.45) is 0 Å². The molecule has 1 amide bonds. The maximum Gasteiger partial charge on any atom is 0.249 e. The number of halogens is 1. The predicted molar refractivity (Wildman–Crippen MR) is 90.9 cm³/mol. The molecule has 128 valence electrons. The number of amides is 1. The van der Waals surface area contributed by atoms with E-state index in [1.54, 1.807) is 35.3 Å². The molecule has 1 fully saturated rings. The van der Waals surface area contributed by atoms with E-state index >= 15 is 0 Å². The number of nitrogens with zero attached hydrogens (tertiary/aromatic N) is 5. The number of anilines is 2. The summed E-state index contributed by atoms with van der Waals surface area (Å²) in [6, 6.07) is 4.31. The van der Waals surface area contributed by atoms with Gasteiger partial charge in [-0.25, -0.2) is 9.37 Å². The van der Waals surface area contributed by atoms with Gasteiger partial charge in [-0.05, 0) is 37.5 Å². The lowest BCUT2D eigenvalue weighted by Crippen LogP contribution is -2.48. The van der Waals surface area contributed by atoms with Crippen LogP contribution in [0.25, 0.3) is 5.65 Å². The lowest BCUT2D eigenvalue weighted by Gasteiger charge is -2.33. The summed E-state index contributed by atoms with van der Waals surface area (Å²) in [4.78, 5) is 18.7. The van der Waals surface area contributed by atoms with E-state index in [0.29, 0.717) is 30.1 Å². The predicted octanol–water partition coefficient (Wildman–Crippen LogP) is 2.18. The number of hydrogen-bond acceptors (Lipinski definition) is 5.